The van der Waals surface area contributed by atoms with Crippen LogP contribution in [-0.4, -0.2) is 5.91 Å². The fourth-order valence-corrected chi connectivity index (χ4v) is 2.02. The van der Waals surface area contributed by atoms with Crippen molar-refractivity contribution in [2.75, 3.05) is 11.1 Å². The molecule has 2 rings (SSSR count). The summed E-state index contributed by atoms with van der Waals surface area (Å²) in [5.41, 5.74) is 6.01. The molecule has 21 heavy (non-hydrogen) atoms. The number of alkyl halides is 3. The molecule has 110 valence electrons. The van der Waals surface area contributed by atoms with Crippen LogP contribution in [0.4, 0.5) is 24.5 Å². The molecule has 0 saturated carbocycles. The van der Waals surface area contributed by atoms with E-state index in [-0.39, 0.29) is 17.2 Å². The fourth-order valence-electron chi connectivity index (χ4n) is 2.02. The molecule has 0 atom stereocenters. The third-order valence-corrected chi connectivity index (χ3v) is 2.91. The van der Waals surface area contributed by atoms with Gasteiger partial charge in [-0.25, -0.2) is 0 Å². The van der Waals surface area contributed by atoms with Crippen molar-refractivity contribution in [1.29, 1.82) is 0 Å². The second-order valence-electron chi connectivity index (χ2n) is 4.53. The van der Waals surface area contributed by atoms with E-state index in [9.17, 15) is 18.0 Å². The average molecular weight is 294 g/mol. The van der Waals surface area contributed by atoms with E-state index < -0.39 is 11.7 Å². The highest BCUT2D eigenvalue weighted by Gasteiger charge is 2.33. The minimum absolute atomic E-state index is 0.0473. The van der Waals surface area contributed by atoms with Gasteiger partial charge in [0.05, 0.1) is 16.9 Å². The maximum Gasteiger partial charge on any atom is 0.417 e. The summed E-state index contributed by atoms with van der Waals surface area (Å²) < 4.78 is 39.0. The van der Waals surface area contributed by atoms with Gasteiger partial charge in [0.15, 0.2) is 0 Å². The van der Waals surface area contributed by atoms with Gasteiger partial charge in [-0.05, 0) is 29.3 Å². The lowest BCUT2D eigenvalue weighted by Crippen LogP contribution is -2.09. The summed E-state index contributed by atoms with van der Waals surface area (Å²) in [6.07, 6.45) is -4.44. The number of rotatable bonds is 2. The van der Waals surface area contributed by atoms with Crippen molar-refractivity contribution in [3.05, 3.63) is 48.0 Å². The monoisotopic (exact) mass is 294 g/mol. The van der Waals surface area contributed by atoms with Crippen LogP contribution in [0, 0.1) is 0 Å². The summed E-state index contributed by atoms with van der Waals surface area (Å²) in [5.74, 6) is -0.301. The van der Waals surface area contributed by atoms with Gasteiger partial charge in [0.1, 0.15) is 0 Å². The predicted octanol–water partition coefficient (Wildman–Crippen LogP) is 3.91. The standard InChI is InChI=1S/C15H13F3N2O/c1-9(21)20-14-7-6-10(8-13(14)19)11-4-2-3-5-12(11)15(16,17)18/h2-8H,19H2,1H3,(H,20,21). The molecule has 0 aliphatic rings. The van der Waals surface area contributed by atoms with E-state index in [0.29, 0.717) is 11.3 Å². The molecule has 0 aliphatic carbocycles. The second-order valence-corrected chi connectivity index (χ2v) is 4.53. The van der Waals surface area contributed by atoms with E-state index in [1.165, 1.54) is 43.3 Å². The number of anilines is 2. The van der Waals surface area contributed by atoms with Crippen LogP contribution in [0.25, 0.3) is 11.1 Å². The molecule has 0 saturated heterocycles. The highest BCUT2D eigenvalue weighted by molar-refractivity contribution is 5.93. The van der Waals surface area contributed by atoms with Crippen LogP contribution in [0.15, 0.2) is 42.5 Å². The molecule has 2 aromatic rings. The van der Waals surface area contributed by atoms with Crippen LogP contribution in [0.2, 0.25) is 0 Å². The minimum Gasteiger partial charge on any atom is -0.397 e. The van der Waals surface area contributed by atoms with E-state index in [2.05, 4.69) is 5.32 Å². The van der Waals surface area contributed by atoms with Gasteiger partial charge in [0.25, 0.3) is 0 Å². The largest absolute Gasteiger partial charge is 0.417 e. The van der Waals surface area contributed by atoms with Crippen LogP contribution >= 0.6 is 0 Å². The van der Waals surface area contributed by atoms with Gasteiger partial charge in [-0.15, -0.1) is 0 Å². The van der Waals surface area contributed by atoms with Crippen LogP contribution in [-0.2, 0) is 11.0 Å². The number of carbonyl (C=O) groups is 1. The number of hydrogen-bond donors (Lipinski definition) is 2. The van der Waals surface area contributed by atoms with Gasteiger partial charge in [0.2, 0.25) is 5.91 Å². The Hall–Kier alpha value is -2.50. The molecule has 0 bridgehead atoms. The fraction of sp³-hybridized carbons (Fsp3) is 0.133. The molecule has 0 aromatic heterocycles. The van der Waals surface area contributed by atoms with Crippen LogP contribution in [0.5, 0.6) is 0 Å². The summed E-state index contributed by atoms with van der Waals surface area (Å²) >= 11 is 0. The molecule has 3 N–H and O–H groups in total. The van der Waals surface area contributed by atoms with Gasteiger partial charge < -0.3 is 11.1 Å². The molecule has 1 amide bonds. The summed E-state index contributed by atoms with van der Waals surface area (Å²) in [6.45, 7) is 1.33. The molecule has 0 radical (unpaired) electrons. The van der Waals surface area contributed by atoms with Crippen molar-refractivity contribution in [1.82, 2.24) is 0 Å². The molecule has 2 aromatic carbocycles. The van der Waals surface area contributed by atoms with Crippen LogP contribution in [0.1, 0.15) is 12.5 Å². The number of carbonyl (C=O) groups excluding carboxylic acids is 1. The van der Waals surface area contributed by atoms with E-state index in [0.717, 1.165) is 6.07 Å². The Morgan fingerprint density at radius 3 is 2.38 bits per heavy atom. The molecule has 0 heterocycles. The smallest absolute Gasteiger partial charge is 0.397 e. The zero-order valence-corrected chi connectivity index (χ0v) is 11.2. The minimum atomic E-state index is -4.44. The first-order chi connectivity index (χ1) is 9.79. The van der Waals surface area contributed by atoms with Crippen molar-refractivity contribution in [2.24, 2.45) is 0 Å². The Labute approximate surface area is 119 Å². The number of halogens is 3. The highest BCUT2D eigenvalue weighted by atomic mass is 19.4. The SMILES string of the molecule is CC(=O)Nc1ccc(-c2ccccc2C(F)(F)F)cc1N. The number of hydrogen-bond acceptors (Lipinski definition) is 2. The third-order valence-electron chi connectivity index (χ3n) is 2.91. The van der Waals surface area contributed by atoms with E-state index in [1.54, 1.807) is 0 Å². The van der Waals surface area contributed by atoms with Crippen LogP contribution in [0.3, 0.4) is 0 Å². The van der Waals surface area contributed by atoms with Crippen molar-refractivity contribution in [3.63, 3.8) is 0 Å². The molecular weight excluding hydrogens is 281 g/mol. The number of amides is 1. The molecular formula is C15H13F3N2O. The van der Waals surface area contributed by atoms with E-state index in [1.807, 2.05) is 0 Å². The number of benzene rings is 2. The zero-order chi connectivity index (χ0) is 15.6. The van der Waals surface area contributed by atoms with E-state index in [4.69, 9.17) is 5.73 Å². The first-order valence-corrected chi connectivity index (χ1v) is 6.13. The van der Waals surface area contributed by atoms with Gasteiger partial charge in [0, 0.05) is 6.92 Å². The lowest BCUT2D eigenvalue weighted by atomic mass is 9.98. The first-order valence-electron chi connectivity index (χ1n) is 6.13. The Morgan fingerprint density at radius 2 is 1.81 bits per heavy atom. The van der Waals surface area contributed by atoms with Crippen molar-refractivity contribution >= 4 is 17.3 Å². The van der Waals surface area contributed by atoms with Gasteiger partial charge in [-0.2, -0.15) is 13.2 Å². The average Bonchev–Trinajstić information content (AvgIpc) is 2.40. The number of nitrogens with two attached hydrogens (primary N) is 1. The summed E-state index contributed by atoms with van der Waals surface area (Å²) in [7, 11) is 0. The Balaban J connectivity index is 2.49. The van der Waals surface area contributed by atoms with Crippen LogP contribution < -0.4 is 11.1 Å². The normalized spacial score (nSPS) is 11.2. The maximum atomic E-state index is 13.0. The number of nitrogen functional groups attached to an aromatic ring is 1. The van der Waals surface area contributed by atoms with Gasteiger partial charge in [-0.3, -0.25) is 4.79 Å². The molecule has 3 nitrogen and oxygen atoms in total. The van der Waals surface area contributed by atoms with Crippen molar-refractivity contribution in [2.45, 2.75) is 13.1 Å². The predicted molar refractivity (Wildman–Crippen MR) is 75.6 cm³/mol. The van der Waals surface area contributed by atoms with E-state index >= 15 is 0 Å². The van der Waals surface area contributed by atoms with Crippen molar-refractivity contribution < 1.29 is 18.0 Å². The zero-order valence-electron chi connectivity index (χ0n) is 11.2. The first kappa shape index (κ1) is 14.9. The maximum absolute atomic E-state index is 13.0. The van der Waals surface area contributed by atoms with Crippen molar-refractivity contribution in [3.8, 4) is 11.1 Å². The molecule has 0 spiro atoms. The summed E-state index contributed by atoms with van der Waals surface area (Å²) in [6, 6.07) is 9.66. The second kappa shape index (κ2) is 5.47. The number of nitrogens with one attached hydrogen (secondary N) is 1. The summed E-state index contributed by atoms with van der Waals surface area (Å²) in [4.78, 5) is 11.0. The molecule has 0 aliphatic heterocycles. The highest BCUT2D eigenvalue weighted by Crippen LogP contribution is 2.38. The lowest BCUT2D eigenvalue weighted by molar-refractivity contribution is -0.137. The Kier molecular flexibility index (Phi) is 3.88. The quantitative estimate of drug-likeness (QED) is 0.825. The topological polar surface area (TPSA) is 55.1 Å². The lowest BCUT2D eigenvalue weighted by Gasteiger charge is -2.14. The molecule has 0 fully saturated rings. The third kappa shape index (κ3) is 3.34. The Bertz CT molecular complexity index is 681. The molecule has 0 unspecified atom stereocenters. The van der Waals surface area contributed by atoms with Gasteiger partial charge in [-0.1, -0.05) is 24.3 Å². The van der Waals surface area contributed by atoms with Gasteiger partial charge >= 0.3 is 6.18 Å². The summed E-state index contributed by atoms with van der Waals surface area (Å²) in [5, 5.41) is 2.51. The Morgan fingerprint density at radius 1 is 1.14 bits per heavy atom. The molecule has 6 heteroatoms.